The monoisotopic (exact) mass is 231 g/mol. The molecule has 0 saturated carbocycles. The molecule has 2 aromatic rings. The van der Waals surface area contributed by atoms with E-state index in [0.717, 1.165) is 16.3 Å². The predicted octanol–water partition coefficient (Wildman–Crippen LogP) is 2.69. The molecule has 2 rings (SSSR count). The standard InChI is InChI=1S/C14H17NO2/c1-3-17-10(2)14(16)13-9-15-8-11-6-4-5-7-12(11)13/h4-10,14,16H,3H2,1-2H3. The lowest BCUT2D eigenvalue weighted by atomic mass is 10.0. The predicted molar refractivity (Wildman–Crippen MR) is 67.8 cm³/mol. The second-order valence-corrected chi connectivity index (χ2v) is 4.06. The van der Waals surface area contributed by atoms with Crippen LogP contribution < -0.4 is 0 Å². The van der Waals surface area contributed by atoms with Crippen molar-refractivity contribution in [3.8, 4) is 0 Å². The van der Waals surface area contributed by atoms with E-state index in [1.54, 1.807) is 12.4 Å². The highest BCUT2D eigenvalue weighted by atomic mass is 16.5. The van der Waals surface area contributed by atoms with Crippen LogP contribution >= 0.6 is 0 Å². The molecule has 90 valence electrons. The zero-order valence-electron chi connectivity index (χ0n) is 10.1. The van der Waals surface area contributed by atoms with Crippen LogP contribution in [0.3, 0.4) is 0 Å². The number of fused-ring (bicyclic) bond motifs is 1. The van der Waals surface area contributed by atoms with E-state index in [9.17, 15) is 5.11 Å². The molecule has 3 nitrogen and oxygen atoms in total. The molecule has 0 spiro atoms. The fourth-order valence-corrected chi connectivity index (χ4v) is 1.98. The van der Waals surface area contributed by atoms with Gasteiger partial charge in [0.1, 0.15) is 6.10 Å². The molecule has 2 atom stereocenters. The molecular formula is C14H17NO2. The van der Waals surface area contributed by atoms with E-state index < -0.39 is 6.10 Å². The van der Waals surface area contributed by atoms with Crippen LogP contribution in [0.5, 0.6) is 0 Å². The van der Waals surface area contributed by atoms with Gasteiger partial charge in [-0.25, -0.2) is 0 Å². The quantitative estimate of drug-likeness (QED) is 0.879. The fourth-order valence-electron chi connectivity index (χ4n) is 1.98. The SMILES string of the molecule is CCOC(C)C(O)c1cncc2ccccc12. The first kappa shape index (κ1) is 12.0. The Morgan fingerprint density at radius 3 is 2.82 bits per heavy atom. The number of nitrogens with zero attached hydrogens (tertiary/aromatic N) is 1. The molecule has 1 aromatic heterocycles. The third-order valence-corrected chi connectivity index (χ3v) is 2.89. The van der Waals surface area contributed by atoms with Crippen molar-refractivity contribution in [3.05, 3.63) is 42.2 Å². The highest BCUT2D eigenvalue weighted by Gasteiger charge is 2.18. The van der Waals surface area contributed by atoms with E-state index in [4.69, 9.17) is 4.74 Å². The van der Waals surface area contributed by atoms with Gasteiger partial charge in [-0.05, 0) is 19.2 Å². The van der Waals surface area contributed by atoms with Gasteiger partial charge >= 0.3 is 0 Å². The highest BCUT2D eigenvalue weighted by molar-refractivity contribution is 5.84. The summed E-state index contributed by atoms with van der Waals surface area (Å²) in [6.07, 6.45) is 2.64. The molecule has 0 amide bonds. The van der Waals surface area contributed by atoms with Gasteiger partial charge in [0.2, 0.25) is 0 Å². The van der Waals surface area contributed by atoms with Gasteiger partial charge in [0, 0.05) is 30.0 Å². The number of benzene rings is 1. The molecular weight excluding hydrogens is 214 g/mol. The van der Waals surface area contributed by atoms with E-state index in [-0.39, 0.29) is 6.10 Å². The van der Waals surface area contributed by atoms with Crippen molar-refractivity contribution in [3.63, 3.8) is 0 Å². The van der Waals surface area contributed by atoms with Gasteiger partial charge in [0.15, 0.2) is 0 Å². The van der Waals surface area contributed by atoms with Crippen molar-refractivity contribution in [1.29, 1.82) is 0 Å². The first-order valence-electron chi connectivity index (χ1n) is 5.86. The molecule has 0 bridgehead atoms. The largest absolute Gasteiger partial charge is 0.386 e. The Labute approximate surface area is 101 Å². The normalized spacial score (nSPS) is 14.8. The van der Waals surface area contributed by atoms with Crippen LogP contribution in [0.1, 0.15) is 25.5 Å². The van der Waals surface area contributed by atoms with Gasteiger partial charge in [0.05, 0.1) is 6.10 Å². The summed E-state index contributed by atoms with van der Waals surface area (Å²) in [7, 11) is 0. The molecule has 0 fully saturated rings. The van der Waals surface area contributed by atoms with Gasteiger partial charge in [-0.1, -0.05) is 24.3 Å². The lowest BCUT2D eigenvalue weighted by Crippen LogP contribution is -2.19. The van der Waals surface area contributed by atoms with Gasteiger partial charge < -0.3 is 9.84 Å². The van der Waals surface area contributed by atoms with Crippen molar-refractivity contribution in [2.75, 3.05) is 6.61 Å². The first-order valence-corrected chi connectivity index (χ1v) is 5.86. The summed E-state index contributed by atoms with van der Waals surface area (Å²) < 4.78 is 5.43. The minimum absolute atomic E-state index is 0.229. The molecule has 0 radical (unpaired) electrons. The number of pyridine rings is 1. The average Bonchev–Trinajstić information content (AvgIpc) is 2.37. The Hall–Kier alpha value is -1.45. The van der Waals surface area contributed by atoms with Crippen LogP contribution in [0.25, 0.3) is 10.8 Å². The third kappa shape index (κ3) is 2.46. The molecule has 2 unspecified atom stereocenters. The second-order valence-electron chi connectivity index (χ2n) is 4.06. The zero-order valence-corrected chi connectivity index (χ0v) is 10.1. The summed E-state index contributed by atoms with van der Waals surface area (Å²) in [6, 6.07) is 7.91. The van der Waals surface area contributed by atoms with Gasteiger partial charge in [0.25, 0.3) is 0 Å². The number of rotatable bonds is 4. The van der Waals surface area contributed by atoms with Crippen molar-refractivity contribution in [2.45, 2.75) is 26.1 Å². The smallest absolute Gasteiger partial charge is 0.107 e. The van der Waals surface area contributed by atoms with Crippen LogP contribution in [-0.4, -0.2) is 22.8 Å². The maximum Gasteiger partial charge on any atom is 0.107 e. The number of aliphatic hydroxyl groups is 1. The minimum atomic E-state index is -0.645. The van der Waals surface area contributed by atoms with Gasteiger partial charge in [-0.15, -0.1) is 0 Å². The number of hydrogen-bond donors (Lipinski definition) is 1. The molecule has 0 aliphatic rings. The molecule has 1 N–H and O–H groups in total. The summed E-state index contributed by atoms with van der Waals surface area (Å²) in [6.45, 7) is 4.39. The third-order valence-electron chi connectivity index (χ3n) is 2.89. The number of ether oxygens (including phenoxy) is 1. The molecule has 0 aliphatic carbocycles. The molecule has 3 heteroatoms. The molecule has 0 aliphatic heterocycles. The summed E-state index contributed by atoms with van der Waals surface area (Å²) in [5.41, 5.74) is 0.823. The van der Waals surface area contributed by atoms with E-state index in [0.29, 0.717) is 6.61 Å². The minimum Gasteiger partial charge on any atom is -0.386 e. The van der Waals surface area contributed by atoms with Crippen LogP contribution in [0.2, 0.25) is 0 Å². The molecule has 17 heavy (non-hydrogen) atoms. The number of aromatic nitrogens is 1. The number of hydrogen-bond acceptors (Lipinski definition) is 3. The highest BCUT2D eigenvalue weighted by Crippen LogP contribution is 2.26. The topological polar surface area (TPSA) is 42.4 Å². The zero-order chi connectivity index (χ0) is 12.3. The Kier molecular flexibility index (Phi) is 3.71. The second kappa shape index (κ2) is 5.25. The van der Waals surface area contributed by atoms with E-state index in [1.807, 2.05) is 38.1 Å². The first-order chi connectivity index (χ1) is 8.24. The Morgan fingerprint density at radius 2 is 2.06 bits per heavy atom. The molecule has 1 heterocycles. The molecule has 1 aromatic carbocycles. The Morgan fingerprint density at radius 1 is 1.29 bits per heavy atom. The maximum atomic E-state index is 10.3. The van der Waals surface area contributed by atoms with E-state index in [2.05, 4.69) is 4.98 Å². The summed E-state index contributed by atoms with van der Waals surface area (Å²) >= 11 is 0. The Bertz CT molecular complexity index is 493. The van der Waals surface area contributed by atoms with Crippen molar-refractivity contribution < 1.29 is 9.84 Å². The van der Waals surface area contributed by atoms with Crippen LogP contribution in [0.4, 0.5) is 0 Å². The van der Waals surface area contributed by atoms with Gasteiger partial charge in [-0.3, -0.25) is 4.98 Å². The van der Waals surface area contributed by atoms with E-state index in [1.165, 1.54) is 0 Å². The van der Waals surface area contributed by atoms with E-state index >= 15 is 0 Å². The van der Waals surface area contributed by atoms with Gasteiger partial charge in [-0.2, -0.15) is 0 Å². The maximum absolute atomic E-state index is 10.3. The average molecular weight is 231 g/mol. The Balaban J connectivity index is 2.41. The molecule has 0 saturated heterocycles. The van der Waals surface area contributed by atoms with Crippen molar-refractivity contribution in [2.24, 2.45) is 0 Å². The van der Waals surface area contributed by atoms with Crippen LogP contribution in [0, 0.1) is 0 Å². The lowest BCUT2D eigenvalue weighted by Gasteiger charge is -2.20. The van der Waals surface area contributed by atoms with Crippen molar-refractivity contribution >= 4 is 10.8 Å². The lowest BCUT2D eigenvalue weighted by molar-refractivity contribution is -0.0222. The van der Waals surface area contributed by atoms with Crippen LogP contribution in [0.15, 0.2) is 36.7 Å². The number of aliphatic hydroxyl groups excluding tert-OH is 1. The summed E-state index contributed by atoms with van der Waals surface area (Å²) in [4.78, 5) is 4.16. The summed E-state index contributed by atoms with van der Waals surface area (Å²) in [5, 5.41) is 12.3. The summed E-state index contributed by atoms with van der Waals surface area (Å²) in [5.74, 6) is 0. The van der Waals surface area contributed by atoms with Crippen LogP contribution in [-0.2, 0) is 4.74 Å². The van der Waals surface area contributed by atoms with Crippen molar-refractivity contribution in [1.82, 2.24) is 4.98 Å². The fraction of sp³-hybridized carbons (Fsp3) is 0.357.